The van der Waals surface area contributed by atoms with Crippen LogP contribution in [0.4, 0.5) is 0 Å². The summed E-state index contributed by atoms with van der Waals surface area (Å²) in [4.78, 5) is 11.4. The summed E-state index contributed by atoms with van der Waals surface area (Å²) in [6.45, 7) is 6.31. The quantitative estimate of drug-likeness (QED) is 0.562. The molecule has 0 aliphatic rings. The molecule has 0 aliphatic heterocycles. The molecule has 1 aromatic carbocycles. The molecule has 92 valence electrons. The predicted molar refractivity (Wildman–Crippen MR) is 64.0 cm³/mol. The molecular weight excluding hydrogens is 220 g/mol. The van der Waals surface area contributed by atoms with Crippen molar-refractivity contribution in [2.24, 2.45) is 0 Å². The van der Waals surface area contributed by atoms with Gasteiger partial charge in [-0.2, -0.15) is 0 Å². The van der Waals surface area contributed by atoms with E-state index in [0.29, 0.717) is 23.7 Å². The van der Waals surface area contributed by atoms with Crippen molar-refractivity contribution >= 4 is 5.97 Å². The van der Waals surface area contributed by atoms with Gasteiger partial charge in [0.1, 0.15) is 23.7 Å². The predicted octanol–water partition coefficient (Wildman–Crippen LogP) is 2.40. The normalized spacial score (nSPS) is 9.53. The van der Waals surface area contributed by atoms with Gasteiger partial charge in [-0.25, -0.2) is 4.79 Å². The van der Waals surface area contributed by atoms with Crippen molar-refractivity contribution < 1.29 is 19.0 Å². The number of hydrogen-bond acceptors (Lipinski definition) is 4. The Morgan fingerprint density at radius 3 is 2.71 bits per heavy atom. The highest BCUT2D eigenvalue weighted by atomic mass is 16.5. The molecule has 0 aliphatic carbocycles. The Morgan fingerprint density at radius 2 is 2.06 bits per heavy atom. The van der Waals surface area contributed by atoms with Gasteiger partial charge in [0, 0.05) is 0 Å². The van der Waals surface area contributed by atoms with E-state index in [1.165, 1.54) is 7.11 Å². The van der Waals surface area contributed by atoms with Gasteiger partial charge in [-0.3, -0.25) is 0 Å². The molecule has 1 aromatic rings. The summed E-state index contributed by atoms with van der Waals surface area (Å²) in [5.74, 6) is 0.551. The number of esters is 1. The van der Waals surface area contributed by atoms with Crippen molar-refractivity contribution in [1.82, 2.24) is 0 Å². The Labute approximate surface area is 101 Å². The maximum absolute atomic E-state index is 11.4. The molecule has 0 saturated heterocycles. The molecule has 17 heavy (non-hydrogen) atoms. The molecule has 0 unspecified atom stereocenters. The van der Waals surface area contributed by atoms with E-state index in [0.717, 1.165) is 0 Å². The van der Waals surface area contributed by atoms with Crippen LogP contribution in [0.5, 0.6) is 5.75 Å². The molecule has 0 amide bonds. The lowest BCUT2D eigenvalue weighted by molar-refractivity contribution is 0.0595. The Morgan fingerprint density at radius 1 is 1.35 bits per heavy atom. The Hall–Kier alpha value is -1.97. The van der Waals surface area contributed by atoms with Gasteiger partial charge in [0.25, 0.3) is 0 Å². The number of benzene rings is 1. The van der Waals surface area contributed by atoms with E-state index in [2.05, 4.69) is 11.3 Å². The molecule has 0 radical (unpaired) electrons. The molecule has 1 rings (SSSR count). The van der Waals surface area contributed by atoms with Crippen LogP contribution in [0.2, 0.25) is 0 Å². The third kappa shape index (κ3) is 3.83. The highest BCUT2D eigenvalue weighted by molar-refractivity contribution is 5.92. The molecule has 0 fully saturated rings. The fourth-order valence-electron chi connectivity index (χ4n) is 1.28. The fraction of sp³-hybridized carbons (Fsp3) is 0.308. The lowest BCUT2D eigenvalue weighted by atomic mass is 10.2. The smallest absolute Gasteiger partial charge is 0.341 e. The molecular formula is C13H16O4. The van der Waals surface area contributed by atoms with Gasteiger partial charge >= 0.3 is 5.97 Å². The number of methoxy groups -OCH3 is 1. The van der Waals surface area contributed by atoms with Gasteiger partial charge in [-0.05, 0) is 19.1 Å². The van der Waals surface area contributed by atoms with Crippen LogP contribution in [-0.2, 0) is 9.47 Å². The maximum Gasteiger partial charge on any atom is 0.341 e. The SMILES string of the molecule is C=C(COc1ccccc1C(=O)OC)OCC. The lowest BCUT2D eigenvalue weighted by Gasteiger charge is -2.11. The number of hydrogen-bond donors (Lipinski definition) is 0. The van der Waals surface area contributed by atoms with Crippen LogP contribution in [-0.4, -0.2) is 26.3 Å². The lowest BCUT2D eigenvalue weighted by Crippen LogP contribution is -2.08. The highest BCUT2D eigenvalue weighted by Crippen LogP contribution is 2.19. The first-order valence-corrected chi connectivity index (χ1v) is 5.29. The summed E-state index contributed by atoms with van der Waals surface area (Å²) in [5, 5.41) is 0. The second-order valence-electron chi connectivity index (χ2n) is 3.25. The van der Waals surface area contributed by atoms with Crippen LogP contribution in [0.1, 0.15) is 17.3 Å². The van der Waals surface area contributed by atoms with Crippen molar-refractivity contribution in [2.45, 2.75) is 6.92 Å². The zero-order valence-corrected chi connectivity index (χ0v) is 10.1. The summed E-state index contributed by atoms with van der Waals surface area (Å²) in [7, 11) is 1.33. The summed E-state index contributed by atoms with van der Waals surface area (Å²) < 4.78 is 15.3. The van der Waals surface area contributed by atoms with Crippen molar-refractivity contribution in [3.8, 4) is 5.75 Å². The largest absolute Gasteiger partial charge is 0.495 e. The number of carbonyl (C=O) groups is 1. The molecule has 4 nitrogen and oxygen atoms in total. The topological polar surface area (TPSA) is 44.8 Å². The minimum Gasteiger partial charge on any atom is -0.495 e. The van der Waals surface area contributed by atoms with Crippen LogP contribution >= 0.6 is 0 Å². The third-order valence-corrected chi connectivity index (χ3v) is 2.03. The van der Waals surface area contributed by atoms with E-state index in [-0.39, 0.29) is 6.61 Å². The van der Waals surface area contributed by atoms with Gasteiger partial charge in [0.2, 0.25) is 0 Å². The van der Waals surface area contributed by atoms with Crippen LogP contribution in [0.15, 0.2) is 36.6 Å². The van der Waals surface area contributed by atoms with Gasteiger partial charge < -0.3 is 14.2 Å². The minimum atomic E-state index is -0.428. The molecule has 0 saturated carbocycles. The Bertz CT molecular complexity index is 398. The number of rotatable bonds is 6. The molecule has 4 heteroatoms. The summed E-state index contributed by atoms with van der Waals surface area (Å²) in [6, 6.07) is 6.87. The molecule has 0 heterocycles. The Kier molecular flexibility index (Phi) is 5.07. The first-order valence-electron chi connectivity index (χ1n) is 5.29. The fourth-order valence-corrected chi connectivity index (χ4v) is 1.28. The molecule has 0 bridgehead atoms. The third-order valence-electron chi connectivity index (χ3n) is 2.03. The Balaban J connectivity index is 2.70. The van der Waals surface area contributed by atoms with E-state index >= 15 is 0 Å². The van der Waals surface area contributed by atoms with Crippen molar-refractivity contribution in [1.29, 1.82) is 0 Å². The van der Waals surface area contributed by atoms with E-state index in [9.17, 15) is 4.79 Å². The van der Waals surface area contributed by atoms with Crippen molar-refractivity contribution in [3.05, 3.63) is 42.2 Å². The summed E-state index contributed by atoms with van der Waals surface area (Å²) in [6.07, 6.45) is 0. The highest BCUT2D eigenvalue weighted by Gasteiger charge is 2.12. The van der Waals surface area contributed by atoms with Crippen LogP contribution in [0.25, 0.3) is 0 Å². The minimum absolute atomic E-state index is 0.210. The summed E-state index contributed by atoms with van der Waals surface area (Å²) >= 11 is 0. The van der Waals surface area contributed by atoms with Crippen molar-refractivity contribution in [3.63, 3.8) is 0 Å². The number of ether oxygens (including phenoxy) is 3. The van der Waals surface area contributed by atoms with E-state index < -0.39 is 5.97 Å². The summed E-state index contributed by atoms with van der Waals surface area (Å²) in [5.41, 5.74) is 0.388. The van der Waals surface area contributed by atoms with E-state index in [1.54, 1.807) is 24.3 Å². The van der Waals surface area contributed by atoms with Crippen LogP contribution < -0.4 is 4.74 Å². The molecule has 0 aromatic heterocycles. The number of carbonyl (C=O) groups excluding carboxylic acids is 1. The molecule has 0 atom stereocenters. The van der Waals surface area contributed by atoms with Crippen LogP contribution in [0, 0.1) is 0 Å². The standard InChI is InChI=1S/C13H16O4/c1-4-16-10(2)9-17-12-8-6-5-7-11(12)13(14)15-3/h5-8H,2,4,9H2,1,3H3. The average Bonchev–Trinajstić information content (AvgIpc) is 2.36. The number of para-hydroxylation sites is 1. The van der Waals surface area contributed by atoms with Gasteiger partial charge in [0.05, 0.1) is 13.7 Å². The first-order chi connectivity index (χ1) is 8.19. The van der Waals surface area contributed by atoms with Crippen molar-refractivity contribution in [2.75, 3.05) is 20.3 Å². The van der Waals surface area contributed by atoms with E-state index in [4.69, 9.17) is 9.47 Å². The molecule has 0 N–H and O–H groups in total. The van der Waals surface area contributed by atoms with E-state index in [1.807, 2.05) is 6.92 Å². The zero-order chi connectivity index (χ0) is 12.7. The van der Waals surface area contributed by atoms with Crippen LogP contribution in [0.3, 0.4) is 0 Å². The first kappa shape index (κ1) is 13.1. The van der Waals surface area contributed by atoms with Gasteiger partial charge in [-0.15, -0.1) is 0 Å². The zero-order valence-electron chi connectivity index (χ0n) is 10.1. The van der Waals surface area contributed by atoms with Gasteiger partial charge in [0.15, 0.2) is 0 Å². The van der Waals surface area contributed by atoms with Gasteiger partial charge in [-0.1, -0.05) is 18.7 Å². The molecule has 0 spiro atoms. The monoisotopic (exact) mass is 236 g/mol. The average molecular weight is 236 g/mol. The second kappa shape index (κ2) is 6.58. The second-order valence-corrected chi connectivity index (χ2v) is 3.25. The maximum atomic E-state index is 11.4.